The van der Waals surface area contributed by atoms with E-state index in [4.69, 9.17) is 15.0 Å². The minimum Gasteiger partial charge on any atom is -0.385 e. The second kappa shape index (κ2) is 7.12. The lowest BCUT2D eigenvalue weighted by molar-refractivity contribution is 0.188. The van der Waals surface area contributed by atoms with Gasteiger partial charge in [-0.15, -0.1) is 0 Å². The van der Waals surface area contributed by atoms with Crippen LogP contribution in [0, 0.1) is 5.82 Å². The molecule has 0 saturated heterocycles. The quantitative estimate of drug-likeness (QED) is 0.787. The summed E-state index contributed by atoms with van der Waals surface area (Å²) in [7, 11) is 1.65. The van der Waals surface area contributed by atoms with Crippen LogP contribution in [0.25, 0.3) is 0 Å². The lowest BCUT2D eigenvalue weighted by Crippen LogP contribution is -2.11. The highest BCUT2D eigenvalue weighted by atomic mass is 19.1. The molecule has 0 aliphatic carbocycles. The number of halogens is 1. The van der Waals surface area contributed by atoms with Gasteiger partial charge in [0.05, 0.1) is 6.04 Å². The van der Waals surface area contributed by atoms with Gasteiger partial charge in [-0.25, -0.2) is 4.39 Å². The number of methoxy groups -OCH3 is 1. The van der Waals surface area contributed by atoms with Crippen molar-refractivity contribution in [3.05, 3.63) is 47.4 Å². The van der Waals surface area contributed by atoms with Crippen molar-refractivity contribution in [1.82, 2.24) is 10.1 Å². The monoisotopic (exact) mass is 279 g/mol. The molecule has 2 N–H and O–H groups in total. The Morgan fingerprint density at radius 3 is 3.05 bits per heavy atom. The first kappa shape index (κ1) is 14.6. The fraction of sp³-hybridized carbons (Fsp3) is 0.429. The summed E-state index contributed by atoms with van der Waals surface area (Å²) in [6.45, 7) is 0.651. The Morgan fingerprint density at radius 2 is 2.30 bits per heavy atom. The Kier molecular flexibility index (Phi) is 5.20. The molecule has 0 aliphatic rings. The van der Waals surface area contributed by atoms with Gasteiger partial charge in [0, 0.05) is 20.1 Å². The number of ether oxygens (including phenoxy) is 1. The Bertz CT molecular complexity index is 545. The summed E-state index contributed by atoms with van der Waals surface area (Å²) < 4.78 is 23.2. The molecule has 0 aliphatic heterocycles. The normalized spacial score (nSPS) is 12.6. The van der Waals surface area contributed by atoms with Gasteiger partial charge in [0.1, 0.15) is 5.82 Å². The minimum absolute atomic E-state index is 0.275. The number of nitrogens with two attached hydrogens (primary N) is 1. The molecule has 1 aromatic carbocycles. The summed E-state index contributed by atoms with van der Waals surface area (Å²) in [6.07, 6.45) is 1.97. The minimum atomic E-state index is -0.293. The summed E-state index contributed by atoms with van der Waals surface area (Å²) in [6, 6.07) is 6.03. The Morgan fingerprint density at radius 1 is 1.45 bits per heavy atom. The van der Waals surface area contributed by atoms with E-state index in [-0.39, 0.29) is 11.9 Å². The summed E-state index contributed by atoms with van der Waals surface area (Å²) in [5.41, 5.74) is 6.75. The van der Waals surface area contributed by atoms with E-state index in [1.165, 1.54) is 12.1 Å². The molecule has 0 saturated carbocycles. The average Bonchev–Trinajstić information content (AvgIpc) is 2.87. The first-order chi connectivity index (χ1) is 9.69. The maximum Gasteiger partial charge on any atom is 0.243 e. The van der Waals surface area contributed by atoms with Gasteiger partial charge in [0.2, 0.25) is 5.89 Å². The van der Waals surface area contributed by atoms with Crippen molar-refractivity contribution in [2.24, 2.45) is 5.73 Å². The third kappa shape index (κ3) is 4.11. The molecule has 1 heterocycles. The molecule has 2 aromatic rings. The van der Waals surface area contributed by atoms with Crippen LogP contribution in [0.1, 0.15) is 36.2 Å². The summed E-state index contributed by atoms with van der Waals surface area (Å²) in [5.74, 6) is 0.641. The molecule has 20 heavy (non-hydrogen) atoms. The molecule has 108 valence electrons. The Labute approximate surface area is 116 Å². The predicted molar refractivity (Wildman–Crippen MR) is 71.5 cm³/mol. The molecule has 1 unspecified atom stereocenters. The molecule has 6 heteroatoms. The first-order valence-electron chi connectivity index (χ1n) is 6.50. The Balaban J connectivity index is 1.94. The molecule has 0 fully saturated rings. The van der Waals surface area contributed by atoms with E-state index in [9.17, 15) is 4.39 Å². The van der Waals surface area contributed by atoms with Gasteiger partial charge >= 0.3 is 0 Å². The van der Waals surface area contributed by atoms with Crippen molar-refractivity contribution in [3.8, 4) is 0 Å². The molecule has 0 radical (unpaired) electrons. The van der Waals surface area contributed by atoms with E-state index in [1.807, 2.05) is 6.07 Å². The molecule has 0 amide bonds. The van der Waals surface area contributed by atoms with Crippen LogP contribution in [0.5, 0.6) is 0 Å². The maximum absolute atomic E-state index is 13.1. The van der Waals surface area contributed by atoms with E-state index in [0.717, 1.165) is 18.4 Å². The van der Waals surface area contributed by atoms with Gasteiger partial charge in [-0.1, -0.05) is 17.3 Å². The van der Waals surface area contributed by atoms with E-state index >= 15 is 0 Å². The van der Waals surface area contributed by atoms with E-state index < -0.39 is 0 Å². The fourth-order valence-electron chi connectivity index (χ4n) is 1.89. The van der Waals surface area contributed by atoms with E-state index in [1.54, 1.807) is 13.2 Å². The fourth-order valence-corrected chi connectivity index (χ4v) is 1.89. The zero-order valence-electron chi connectivity index (χ0n) is 11.4. The van der Waals surface area contributed by atoms with E-state index in [2.05, 4.69) is 10.1 Å². The zero-order valence-corrected chi connectivity index (χ0v) is 11.4. The molecular formula is C14H18FN3O2. The van der Waals surface area contributed by atoms with Crippen molar-refractivity contribution in [3.63, 3.8) is 0 Å². The van der Waals surface area contributed by atoms with Gasteiger partial charge in [0.15, 0.2) is 5.82 Å². The highest BCUT2D eigenvalue weighted by Crippen LogP contribution is 2.15. The van der Waals surface area contributed by atoms with Crippen molar-refractivity contribution in [2.75, 3.05) is 13.7 Å². The first-order valence-corrected chi connectivity index (χ1v) is 6.50. The number of aromatic nitrogens is 2. The van der Waals surface area contributed by atoms with Crippen LogP contribution in [0.4, 0.5) is 4.39 Å². The van der Waals surface area contributed by atoms with Gasteiger partial charge in [-0.3, -0.25) is 0 Å². The van der Waals surface area contributed by atoms with Crippen molar-refractivity contribution >= 4 is 0 Å². The van der Waals surface area contributed by atoms with Crippen LogP contribution in [0.3, 0.4) is 0 Å². The maximum atomic E-state index is 13.1. The molecule has 2 rings (SSSR count). The highest BCUT2D eigenvalue weighted by molar-refractivity contribution is 5.19. The number of hydrogen-bond acceptors (Lipinski definition) is 5. The van der Waals surface area contributed by atoms with Crippen LogP contribution in [-0.2, 0) is 11.2 Å². The standard InChI is InChI=1S/C14H18FN3O2/c1-19-7-3-6-12(16)14-17-13(18-20-14)9-10-4-2-5-11(15)8-10/h2,4-5,8,12H,3,6-7,9,16H2,1H3. The largest absolute Gasteiger partial charge is 0.385 e. The van der Waals surface area contributed by atoms with Crippen LogP contribution in [-0.4, -0.2) is 23.9 Å². The summed E-state index contributed by atoms with van der Waals surface area (Å²) in [5, 5.41) is 3.87. The topological polar surface area (TPSA) is 74.2 Å². The van der Waals surface area contributed by atoms with Gasteiger partial charge in [-0.05, 0) is 30.5 Å². The number of nitrogens with zero attached hydrogens (tertiary/aromatic N) is 2. The third-order valence-electron chi connectivity index (χ3n) is 2.92. The van der Waals surface area contributed by atoms with Crippen LogP contribution in [0.15, 0.2) is 28.8 Å². The number of rotatable bonds is 7. The van der Waals surface area contributed by atoms with Gasteiger partial charge < -0.3 is 15.0 Å². The zero-order chi connectivity index (χ0) is 14.4. The molecule has 0 bridgehead atoms. The molecule has 5 nitrogen and oxygen atoms in total. The van der Waals surface area contributed by atoms with Gasteiger partial charge in [-0.2, -0.15) is 4.98 Å². The Hall–Kier alpha value is -1.79. The molecule has 1 atom stereocenters. The van der Waals surface area contributed by atoms with Crippen molar-refractivity contribution in [1.29, 1.82) is 0 Å². The van der Waals surface area contributed by atoms with Crippen LogP contribution < -0.4 is 5.73 Å². The lowest BCUT2D eigenvalue weighted by atomic mass is 10.1. The van der Waals surface area contributed by atoms with Gasteiger partial charge in [0.25, 0.3) is 0 Å². The van der Waals surface area contributed by atoms with Crippen molar-refractivity contribution in [2.45, 2.75) is 25.3 Å². The highest BCUT2D eigenvalue weighted by Gasteiger charge is 2.14. The second-order valence-electron chi connectivity index (χ2n) is 4.60. The number of benzene rings is 1. The van der Waals surface area contributed by atoms with Crippen molar-refractivity contribution < 1.29 is 13.7 Å². The SMILES string of the molecule is COCCCC(N)c1nc(Cc2cccc(F)c2)no1. The van der Waals surface area contributed by atoms with Crippen LogP contribution >= 0.6 is 0 Å². The molecule has 1 aromatic heterocycles. The molecular weight excluding hydrogens is 261 g/mol. The lowest BCUT2D eigenvalue weighted by Gasteiger charge is -2.04. The third-order valence-corrected chi connectivity index (χ3v) is 2.92. The number of hydrogen-bond donors (Lipinski definition) is 1. The predicted octanol–water partition coefficient (Wildman–Crippen LogP) is 2.23. The van der Waals surface area contributed by atoms with E-state index in [0.29, 0.717) is 24.7 Å². The molecule has 0 spiro atoms. The smallest absolute Gasteiger partial charge is 0.243 e. The summed E-state index contributed by atoms with van der Waals surface area (Å²) in [4.78, 5) is 4.25. The van der Waals surface area contributed by atoms with Crippen LogP contribution in [0.2, 0.25) is 0 Å². The average molecular weight is 279 g/mol. The second-order valence-corrected chi connectivity index (χ2v) is 4.60. The summed E-state index contributed by atoms with van der Waals surface area (Å²) >= 11 is 0.